The Hall–Kier alpha value is -2.63. The second-order valence-electron chi connectivity index (χ2n) is 3.57. The van der Waals surface area contributed by atoms with Crippen LogP contribution in [0.2, 0.25) is 0 Å². The molecule has 0 atom stereocenters. The van der Waals surface area contributed by atoms with Crippen LogP contribution in [0.4, 0.5) is 4.39 Å². The third-order valence-corrected chi connectivity index (χ3v) is 2.35. The lowest BCUT2D eigenvalue weighted by Gasteiger charge is -1.96. The first-order valence-corrected chi connectivity index (χ1v) is 5.28. The van der Waals surface area contributed by atoms with Crippen LogP contribution in [0.5, 0.6) is 0 Å². The van der Waals surface area contributed by atoms with E-state index < -0.39 is 0 Å². The fourth-order valence-corrected chi connectivity index (χ4v) is 1.50. The van der Waals surface area contributed by atoms with Gasteiger partial charge < -0.3 is 0 Å². The van der Waals surface area contributed by atoms with Crippen molar-refractivity contribution in [2.75, 3.05) is 0 Å². The Labute approximate surface area is 102 Å². The fourth-order valence-electron chi connectivity index (χ4n) is 1.50. The summed E-state index contributed by atoms with van der Waals surface area (Å²) >= 11 is 0. The van der Waals surface area contributed by atoms with Crippen LogP contribution in [0, 0.1) is 5.82 Å². The van der Waals surface area contributed by atoms with Crippen LogP contribution in [0.25, 0.3) is 17.3 Å². The third-order valence-electron chi connectivity index (χ3n) is 2.35. The van der Waals surface area contributed by atoms with Crippen LogP contribution in [0.3, 0.4) is 0 Å². The predicted octanol–water partition coefficient (Wildman–Crippen LogP) is 1.86. The van der Waals surface area contributed by atoms with E-state index in [1.165, 1.54) is 23.1 Å². The van der Waals surface area contributed by atoms with Crippen molar-refractivity contribution in [2.24, 2.45) is 0 Å². The van der Waals surface area contributed by atoms with E-state index in [1.54, 1.807) is 30.6 Å². The number of hydrogen-bond acceptors (Lipinski definition) is 4. The molecule has 0 amide bonds. The Bertz CT molecular complexity index is 648. The summed E-state index contributed by atoms with van der Waals surface area (Å²) in [6.07, 6.45) is 4.77. The Morgan fingerprint density at radius 2 is 1.67 bits per heavy atom. The monoisotopic (exact) mass is 241 g/mol. The van der Waals surface area contributed by atoms with Crippen LogP contribution in [0.1, 0.15) is 0 Å². The summed E-state index contributed by atoms with van der Waals surface area (Å²) in [5.41, 5.74) is 0.742. The van der Waals surface area contributed by atoms with Gasteiger partial charge in [-0.3, -0.25) is 0 Å². The molecular formula is C12H8FN5. The zero-order chi connectivity index (χ0) is 12.4. The molecule has 0 aliphatic heterocycles. The molecule has 0 saturated heterocycles. The zero-order valence-corrected chi connectivity index (χ0v) is 9.23. The quantitative estimate of drug-likeness (QED) is 0.687. The number of aromatic nitrogens is 5. The predicted molar refractivity (Wildman–Crippen MR) is 62.3 cm³/mol. The molecule has 0 spiro atoms. The van der Waals surface area contributed by atoms with E-state index in [9.17, 15) is 4.39 Å². The maximum Gasteiger partial charge on any atom is 0.251 e. The van der Waals surface area contributed by atoms with Crippen molar-refractivity contribution < 1.29 is 4.39 Å². The largest absolute Gasteiger partial charge is 0.251 e. The highest BCUT2D eigenvalue weighted by Crippen LogP contribution is 2.15. The van der Waals surface area contributed by atoms with E-state index in [4.69, 9.17) is 0 Å². The van der Waals surface area contributed by atoms with Crippen molar-refractivity contribution in [3.63, 3.8) is 0 Å². The summed E-state index contributed by atoms with van der Waals surface area (Å²) in [4.78, 5) is 12.3. The lowest BCUT2D eigenvalue weighted by atomic mass is 10.2. The molecule has 3 rings (SSSR count). The van der Waals surface area contributed by atoms with Gasteiger partial charge in [-0.2, -0.15) is 4.68 Å². The van der Waals surface area contributed by atoms with Crippen molar-refractivity contribution in [1.82, 2.24) is 24.7 Å². The van der Waals surface area contributed by atoms with Gasteiger partial charge in [-0.05, 0) is 30.3 Å². The highest BCUT2D eigenvalue weighted by Gasteiger charge is 2.06. The molecule has 3 aromatic rings. The number of nitrogens with zero attached hydrogens (tertiary/aromatic N) is 5. The second-order valence-corrected chi connectivity index (χ2v) is 3.57. The fraction of sp³-hybridized carbons (Fsp3) is 0. The molecule has 0 radical (unpaired) electrons. The maximum absolute atomic E-state index is 12.8. The minimum atomic E-state index is -0.287. The molecule has 5 nitrogen and oxygen atoms in total. The van der Waals surface area contributed by atoms with Crippen LogP contribution in [-0.2, 0) is 0 Å². The summed E-state index contributed by atoms with van der Waals surface area (Å²) in [6, 6.07) is 7.72. The van der Waals surface area contributed by atoms with Crippen molar-refractivity contribution >= 4 is 0 Å². The van der Waals surface area contributed by atoms with E-state index in [2.05, 4.69) is 20.1 Å². The molecule has 2 aromatic heterocycles. The number of hydrogen-bond donors (Lipinski definition) is 0. The van der Waals surface area contributed by atoms with E-state index >= 15 is 0 Å². The lowest BCUT2D eigenvalue weighted by Crippen LogP contribution is -2.00. The first kappa shape index (κ1) is 10.5. The number of rotatable bonds is 2. The maximum atomic E-state index is 12.8. The van der Waals surface area contributed by atoms with E-state index in [0.717, 1.165) is 5.56 Å². The SMILES string of the molecule is Fc1ccc(-c2ncn(-c3ncccn3)n2)cc1. The molecule has 0 N–H and O–H groups in total. The van der Waals surface area contributed by atoms with Gasteiger partial charge >= 0.3 is 0 Å². The molecule has 0 saturated carbocycles. The minimum Gasteiger partial charge on any atom is -0.220 e. The van der Waals surface area contributed by atoms with Gasteiger partial charge in [0.15, 0.2) is 5.82 Å². The van der Waals surface area contributed by atoms with Gasteiger partial charge in [-0.25, -0.2) is 19.3 Å². The van der Waals surface area contributed by atoms with Crippen LogP contribution in [-0.4, -0.2) is 24.7 Å². The van der Waals surface area contributed by atoms with E-state index in [1.807, 2.05) is 0 Å². The van der Waals surface area contributed by atoms with Crippen molar-refractivity contribution in [2.45, 2.75) is 0 Å². The molecule has 0 fully saturated rings. The Kier molecular flexibility index (Phi) is 2.53. The van der Waals surface area contributed by atoms with Gasteiger partial charge in [-0.15, -0.1) is 5.10 Å². The van der Waals surface area contributed by atoms with Gasteiger partial charge in [0, 0.05) is 18.0 Å². The minimum absolute atomic E-state index is 0.287. The molecule has 0 aliphatic rings. The summed E-state index contributed by atoms with van der Waals surface area (Å²) < 4.78 is 14.3. The first-order valence-electron chi connectivity index (χ1n) is 5.28. The normalized spacial score (nSPS) is 10.5. The van der Waals surface area contributed by atoms with Crippen LogP contribution >= 0.6 is 0 Å². The zero-order valence-electron chi connectivity index (χ0n) is 9.23. The highest BCUT2D eigenvalue weighted by atomic mass is 19.1. The Morgan fingerprint density at radius 3 is 2.39 bits per heavy atom. The number of benzene rings is 1. The smallest absolute Gasteiger partial charge is 0.220 e. The summed E-state index contributed by atoms with van der Waals surface area (Å²) in [6.45, 7) is 0. The van der Waals surface area contributed by atoms with Gasteiger partial charge in [0.25, 0.3) is 5.95 Å². The highest BCUT2D eigenvalue weighted by molar-refractivity contribution is 5.53. The van der Waals surface area contributed by atoms with Crippen LogP contribution in [0.15, 0.2) is 49.1 Å². The topological polar surface area (TPSA) is 56.5 Å². The average Bonchev–Trinajstić information content (AvgIpc) is 2.90. The molecule has 0 aliphatic carbocycles. The molecule has 6 heteroatoms. The molecule has 88 valence electrons. The summed E-state index contributed by atoms with van der Waals surface area (Å²) in [7, 11) is 0. The summed E-state index contributed by atoms with van der Waals surface area (Å²) in [5, 5.41) is 4.24. The Balaban J connectivity index is 1.97. The molecule has 18 heavy (non-hydrogen) atoms. The Morgan fingerprint density at radius 1 is 0.944 bits per heavy atom. The molecular weight excluding hydrogens is 233 g/mol. The van der Waals surface area contributed by atoms with Gasteiger partial charge in [-0.1, -0.05) is 0 Å². The second kappa shape index (κ2) is 4.33. The number of halogens is 1. The third kappa shape index (κ3) is 1.95. The molecule has 0 bridgehead atoms. The van der Waals surface area contributed by atoms with Crippen molar-refractivity contribution in [3.05, 3.63) is 54.9 Å². The summed E-state index contributed by atoms with van der Waals surface area (Å²) in [5.74, 6) is 0.658. The molecule has 0 unspecified atom stereocenters. The molecule has 1 aromatic carbocycles. The van der Waals surface area contributed by atoms with E-state index in [-0.39, 0.29) is 5.82 Å². The van der Waals surface area contributed by atoms with Gasteiger partial charge in [0.1, 0.15) is 12.1 Å². The lowest BCUT2D eigenvalue weighted by molar-refractivity contribution is 0.628. The standard InChI is InChI=1S/C12H8FN5/c13-10-4-2-9(3-5-10)11-16-8-18(17-11)12-14-6-1-7-15-12/h1-8H. The first-order chi connectivity index (χ1) is 8.83. The van der Waals surface area contributed by atoms with Crippen molar-refractivity contribution in [1.29, 1.82) is 0 Å². The van der Waals surface area contributed by atoms with E-state index in [0.29, 0.717) is 11.8 Å². The average molecular weight is 241 g/mol. The van der Waals surface area contributed by atoms with Gasteiger partial charge in [0.05, 0.1) is 0 Å². The van der Waals surface area contributed by atoms with Gasteiger partial charge in [0.2, 0.25) is 0 Å². The van der Waals surface area contributed by atoms with Crippen molar-refractivity contribution in [3.8, 4) is 17.3 Å². The van der Waals surface area contributed by atoms with Crippen LogP contribution < -0.4 is 0 Å². The molecule has 2 heterocycles.